The van der Waals surface area contributed by atoms with Gasteiger partial charge in [-0.2, -0.15) is 0 Å². The van der Waals surface area contributed by atoms with E-state index in [-0.39, 0.29) is 5.97 Å². The lowest BCUT2D eigenvalue weighted by molar-refractivity contribution is -0.137. The van der Waals surface area contributed by atoms with E-state index in [1.165, 1.54) is 25.7 Å². The van der Waals surface area contributed by atoms with Gasteiger partial charge in [-0.25, -0.2) is 4.79 Å². The molecular formula is C14H22O2. The highest BCUT2D eigenvalue weighted by atomic mass is 16.5. The molecule has 0 aromatic heterocycles. The molecule has 0 aromatic carbocycles. The largest absolute Gasteiger partial charge is 0.463 e. The molecule has 2 nitrogen and oxygen atoms in total. The Hall–Kier alpha value is -0.790. The van der Waals surface area contributed by atoms with Crippen LogP contribution in [-0.2, 0) is 9.53 Å². The lowest BCUT2D eigenvalue weighted by Gasteiger charge is -2.17. The molecule has 0 spiro atoms. The van der Waals surface area contributed by atoms with Gasteiger partial charge in [-0.15, -0.1) is 0 Å². The van der Waals surface area contributed by atoms with Gasteiger partial charge in [-0.05, 0) is 43.4 Å². The number of fused-ring (bicyclic) bond motifs is 2. The third-order valence-electron chi connectivity index (χ3n) is 4.01. The second-order valence-corrected chi connectivity index (χ2v) is 5.22. The molecule has 3 unspecified atom stereocenters. The van der Waals surface area contributed by atoms with Crippen LogP contribution in [0.3, 0.4) is 0 Å². The number of esters is 1. The van der Waals surface area contributed by atoms with Crippen molar-refractivity contribution in [3.63, 3.8) is 0 Å². The highest BCUT2D eigenvalue weighted by Crippen LogP contribution is 2.48. The molecule has 2 rings (SSSR count). The summed E-state index contributed by atoms with van der Waals surface area (Å²) < 4.78 is 5.10. The van der Waals surface area contributed by atoms with Gasteiger partial charge in [0, 0.05) is 6.08 Å². The summed E-state index contributed by atoms with van der Waals surface area (Å²) >= 11 is 0. The third-order valence-corrected chi connectivity index (χ3v) is 4.01. The van der Waals surface area contributed by atoms with E-state index >= 15 is 0 Å². The number of ether oxygens (including phenoxy) is 1. The van der Waals surface area contributed by atoms with Gasteiger partial charge in [0.25, 0.3) is 0 Å². The molecule has 0 amide bonds. The number of carbonyl (C=O) groups is 1. The minimum atomic E-state index is -0.156. The molecule has 0 aliphatic heterocycles. The Labute approximate surface area is 98.1 Å². The summed E-state index contributed by atoms with van der Waals surface area (Å²) in [5, 5.41) is 0. The fraction of sp³-hybridized carbons (Fsp3) is 0.786. The predicted molar refractivity (Wildman–Crippen MR) is 63.9 cm³/mol. The van der Waals surface area contributed by atoms with Crippen molar-refractivity contribution in [3.05, 3.63) is 12.2 Å². The molecule has 2 bridgehead atoms. The number of hydrogen-bond donors (Lipinski definition) is 0. The Morgan fingerprint density at radius 1 is 1.38 bits per heavy atom. The fourth-order valence-electron chi connectivity index (χ4n) is 3.10. The zero-order chi connectivity index (χ0) is 11.4. The maximum absolute atomic E-state index is 11.4. The quantitative estimate of drug-likeness (QED) is 0.405. The van der Waals surface area contributed by atoms with Gasteiger partial charge in [-0.3, -0.25) is 0 Å². The van der Waals surface area contributed by atoms with Crippen molar-refractivity contribution in [1.29, 1.82) is 0 Å². The predicted octanol–water partition coefficient (Wildman–Crippen LogP) is 3.32. The van der Waals surface area contributed by atoms with Crippen LogP contribution in [0.5, 0.6) is 0 Å². The number of allylic oxidation sites excluding steroid dienone is 1. The number of rotatable bonds is 5. The lowest BCUT2D eigenvalue weighted by atomic mass is 9.89. The molecule has 2 fully saturated rings. The topological polar surface area (TPSA) is 26.3 Å². The number of hydrogen-bond acceptors (Lipinski definition) is 2. The van der Waals surface area contributed by atoms with Crippen molar-refractivity contribution < 1.29 is 9.53 Å². The third kappa shape index (κ3) is 2.87. The first kappa shape index (κ1) is 11.7. The van der Waals surface area contributed by atoms with Crippen LogP contribution in [0.1, 0.15) is 45.4 Å². The van der Waals surface area contributed by atoms with E-state index in [9.17, 15) is 4.79 Å². The Balaban J connectivity index is 1.70. The van der Waals surface area contributed by atoms with Crippen molar-refractivity contribution >= 4 is 5.97 Å². The highest BCUT2D eigenvalue weighted by Gasteiger charge is 2.37. The Morgan fingerprint density at radius 2 is 2.25 bits per heavy atom. The van der Waals surface area contributed by atoms with E-state index in [1.807, 2.05) is 0 Å². The van der Waals surface area contributed by atoms with Gasteiger partial charge >= 0.3 is 5.97 Å². The van der Waals surface area contributed by atoms with Crippen LogP contribution < -0.4 is 0 Å². The zero-order valence-electron chi connectivity index (χ0n) is 10.2. The standard InChI is InChI=1S/C14H22O2/c1-2-3-8-16-14(15)7-6-13-10-11-4-5-12(13)9-11/h6-7,11-13H,2-5,8-10H2,1H3/b7-6+. The molecule has 2 saturated carbocycles. The van der Waals surface area contributed by atoms with E-state index in [0.29, 0.717) is 12.5 Å². The molecule has 0 heterocycles. The van der Waals surface area contributed by atoms with Gasteiger partial charge < -0.3 is 4.74 Å². The maximum atomic E-state index is 11.4. The van der Waals surface area contributed by atoms with Crippen LogP contribution in [0, 0.1) is 17.8 Å². The van der Waals surface area contributed by atoms with Crippen LogP contribution in [0.4, 0.5) is 0 Å². The normalized spacial score (nSPS) is 32.4. The van der Waals surface area contributed by atoms with Crippen LogP contribution >= 0.6 is 0 Å². The van der Waals surface area contributed by atoms with E-state index < -0.39 is 0 Å². The summed E-state index contributed by atoms with van der Waals surface area (Å²) in [7, 11) is 0. The molecule has 2 aliphatic rings. The monoisotopic (exact) mass is 222 g/mol. The lowest BCUT2D eigenvalue weighted by Crippen LogP contribution is -2.09. The van der Waals surface area contributed by atoms with Crippen molar-refractivity contribution in [2.45, 2.75) is 45.4 Å². The Kier molecular flexibility index (Phi) is 4.03. The van der Waals surface area contributed by atoms with Gasteiger partial charge in [-0.1, -0.05) is 25.8 Å². The summed E-state index contributed by atoms with van der Waals surface area (Å²) in [5.41, 5.74) is 0. The van der Waals surface area contributed by atoms with Gasteiger partial charge in [0.2, 0.25) is 0 Å². The maximum Gasteiger partial charge on any atom is 0.330 e. The molecule has 2 aliphatic carbocycles. The molecule has 0 radical (unpaired) electrons. The summed E-state index contributed by atoms with van der Waals surface area (Å²) in [6.45, 7) is 2.66. The first-order valence-electron chi connectivity index (χ1n) is 6.64. The van der Waals surface area contributed by atoms with Crippen LogP contribution in [0.15, 0.2) is 12.2 Å². The minimum Gasteiger partial charge on any atom is -0.463 e. The average Bonchev–Trinajstić information content (AvgIpc) is 2.88. The minimum absolute atomic E-state index is 0.156. The smallest absolute Gasteiger partial charge is 0.330 e. The first-order chi connectivity index (χ1) is 7.79. The average molecular weight is 222 g/mol. The number of unbranched alkanes of at least 4 members (excludes halogenated alkanes) is 1. The molecular weight excluding hydrogens is 200 g/mol. The molecule has 16 heavy (non-hydrogen) atoms. The van der Waals surface area contributed by atoms with Crippen molar-refractivity contribution in [2.75, 3.05) is 6.61 Å². The van der Waals surface area contributed by atoms with E-state index in [0.717, 1.165) is 24.7 Å². The van der Waals surface area contributed by atoms with Crippen molar-refractivity contribution in [1.82, 2.24) is 0 Å². The fourth-order valence-corrected chi connectivity index (χ4v) is 3.10. The summed E-state index contributed by atoms with van der Waals surface area (Å²) in [6, 6.07) is 0. The van der Waals surface area contributed by atoms with E-state index in [2.05, 4.69) is 13.0 Å². The summed E-state index contributed by atoms with van der Waals surface area (Å²) in [5.74, 6) is 2.29. The van der Waals surface area contributed by atoms with Crippen molar-refractivity contribution in [3.8, 4) is 0 Å². The Morgan fingerprint density at radius 3 is 2.88 bits per heavy atom. The molecule has 90 valence electrons. The first-order valence-corrected chi connectivity index (χ1v) is 6.64. The van der Waals surface area contributed by atoms with Gasteiger partial charge in [0.1, 0.15) is 0 Å². The van der Waals surface area contributed by atoms with Crippen molar-refractivity contribution in [2.24, 2.45) is 17.8 Å². The second-order valence-electron chi connectivity index (χ2n) is 5.22. The van der Waals surface area contributed by atoms with Crippen LogP contribution in [-0.4, -0.2) is 12.6 Å². The SMILES string of the molecule is CCCCOC(=O)/C=C/C1CC2CCC1C2. The Bertz CT molecular complexity index is 270. The zero-order valence-corrected chi connectivity index (χ0v) is 10.2. The molecule has 0 N–H and O–H groups in total. The van der Waals surface area contributed by atoms with Gasteiger partial charge in [0.15, 0.2) is 0 Å². The number of carbonyl (C=O) groups excluding carboxylic acids is 1. The summed E-state index contributed by atoms with van der Waals surface area (Å²) in [4.78, 5) is 11.4. The van der Waals surface area contributed by atoms with Crippen LogP contribution in [0.2, 0.25) is 0 Å². The van der Waals surface area contributed by atoms with E-state index in [4.69, 9.17) is 4.74 Å². The van der Waals surface area contributed by atoms with Crippen LogP contribution in [0.25, 0.3) is 0 Å². The molecule has 2 heteroatoms. The molecule has 0 saturated heterocycles. The molecule has 3 atom stereocenters. The van der Waals surface area contributed by atoms with E-state index in [1.54, 1.807) is 6.08 Å². The summed E-state index contributed by atoms with van der Waals surface area (Å²) in [6.07, 6.45) is 11.3. The van der Waals surface area contributed by atoms with Gasteiger partial charge in [0.05, 0.1) is 6.61 Å². The highest BCUT2D eigenvalue weighted by molar-refractivity contribution is 5.81. The second kappa shape index (κ2) is 5.51. The molecule has 0 aromatic rings.